The fourth-order valence-electron chi connectivity index (χ4n) is 1.10. The van der Waals surface area contributed by atoms with Crippen molar-refractivity contribution in [3.8, 4) is 5.69 Å². The fourth-order valence-corrected chi connectivity index (χ4v) is 1.10. The zero-order valence-corrected chi connectivity index (χ0v) is 8.92. The van der Waals surface area contributed by atoms with Gasteiger partial charge in [0, 0.05) is 30.2 Å². The summed E-state index contributed by atoms with van der Waals surface area (Å²) < 4.78 is 40.9. The van der Waals surface area contributed by atoms with Crippen molar-refractivity contribution in [2.75, 3.05) is 0 Å². The van der Waals surface area contributed by atoms with Gasteiger partial charge in [-0.25, -0.2) is 4.98 Å². The Balaban J connectivity index is 0.000000280. The minimum Gasteiger partial charge on any atom is -0.418 e. The summed E-state index contributed by atoms with van der Waals surface area (Å²) in [5.74, 6) is 0. The van der Waals surface area contributed by atoms with E-state index in [0.29, 0.717) is 5.69 Å². The fraction of sp³-hybridized carbons (Fsp3) is 0. The predicted molar refractivity (Wildman–Crippen MR) is 58.5 cm³/mol. The van der Waals surface area contributed by atoms with Crippen LogP contribution in [0.4, 0.5) is 23.0 Å². The van der Waals surface area contributed by atoms with E-state index in [4.69, 9.17) is 5.39 Å². The second kappa shape index (κ2) is 5.81. The molecule has 0 atom stereocenters. The van der Waals surface area contributed by atoms with E-state index in [1.54, 1.807) is 24.7 Å². The SMILES string of the molecule is F[B-](F)(F)F.N#[N+]c1ccc(-n2ccnc2)cc1. The Morgan fingerprint density at radius 1 is 1.11 bits per heavy atom. The summed E-state index contributed by atoms with van der Waals surface area (Å²) >= 11 is 0. The maximum Gasteiger partial charge on any atom is 0.673 e. The highest BCUT2D eigenvalue weighted by molar-refractivity contribution is 6.50. The molecular formula is C9H7BF4N4. The minimum atomic E-state index is -6.00. The summed E-state index contributed by atoms with van der Waals surface area (Å²) in [6, 6.07) is 7.18. The second-order valence-corrected chi connectivity index (χ2v) is 3.08. The molecule has 0 aliphatic rings. The molecule has 1 heterocycles. The number of rotatable bonds is 1. The maximum absolute atomic E-state index is 9.75. The molecule has 0 fully saturated rings. The van der Waals surface area contributed by atoms with E-state index in [0.717, 1.165) is 5.69 Å². The lowest BCUT2D eigenvalue weighted by molar-refractivity contribution is 0.368. The first kappa shape index (κ1) is 13.7. The zero-order chi connectivity index (χ0) is 13.6. The number of hydrogen-bond acceptors (Lipinski definition) is 2. The van der Waals surface area contributed by atoms with Crippen LogP contribution in [0.15, 0.2) is 43.0 Å². The van der Waals surface area contributed by atoms with Gasteiger partial charge >= 0.3 is 12.9 Å². The summed E-state index contributed by atoms with van der Waals surface area (Å²) in [6.45, 7) is 0. The number of benzene rings is 1. The van der Waals surface area contributed by atoms with Crippen LogP contribution in [0.25, 0.3) is 10.7 Å². The van der Waals surface area contributed by atoms with Crippen LogP contribution in [-0.4, -0.2) is 16.8 Å². The first-order chi connectivity index (χ1) is 8.40. The summed E-state index contributed by atoms with van der Waals surface area (Å²) in [7, 11) is -6.00. The Kier molecular flexibility index (Phi) is 4.42. The van der Waals surface area contributed by atoms with Gasteiger partial charge in [0.2, 0.25) is 5.39 Å². The molecule has 0 amide bonds. The van der Waals surface area contributed by atoms with Gasteiger partial charge in [0.25, 0.3) is 0 Å². The van der Waals surface area contributed by atoms with Crippen molar-refractivity contribution in [3.63, 3.8) is 0 Å². The quantitative estimate of drug-likeness (QED) is 0.445. The molecule has 94 valence electrons. The van der Waals surface area contributed by atoms with E-state index in [-0.39, 0.29) is 0 Å². The number of imidazole rings is 1. The molecule has 2 aromatic rings. The standard InChI is InChI=1S/C9H7N4.BF4/c10-12-8-1-3-9(4-2-8)13-6-5-11-7-13;2-1(3,4)5/h1-7H;/q+1;-1. The van der Waals surface area contributed by atoms with Crippen LogP contribution in [0.3, 0.4) is 0 Å². The van der Waals surface area contributed by atoms with E-state index in [1.807, 2.05) is 22.9 Å². The molecule has 4 nitrogen and oxygen atoms in total. The number of hydrogen-bond donors (Lipinski definition) is 0. The van der Waals surface area contributed by atoms with Gasteiger partial charge in [0.1, 0.15) is 0 Å². The monoisotopic (exact) mass is 258 g/mol. The van der Waals surface area contributed by atoms with Crippen LogP contribution < -0.4 is 0 Å². The largest absolute Gasteiger partial charge is 0.673 e. The second-order valence-electron chi connectivity index (χ2n) is 3.08. The molecule has 0 unspecified atom stereocenters. The number of halogens is 4. The molecular weight excluding hydrogens is 251 g/mol. The van der Waals surface area contributed by atoms with Gasteiger partial charge in [-0.05, 0) is 12.1 Å². The Morgan fingerprint density at radius 2 is 1.67 bits per heavy atom. The molecule has 1 aromatic carbocycles. The molecule has 0 saturated carbocycles. The summed E-state index contributed by atoms with van der Waals surface area (Å²) in [5.41, 5.74) is 1.54. The lowest BCUT2D eigenvalue weighted by Crippen LogP contribution is -2.02. The minimum absolute atomic E-state index is 0.545. The third-order valence-corrected chi connectivity index (χ3v) is 1.77. The van der Waals surface area contributed by atoms with Gasteiger partial charge in [0.05, 0.1) is 6.33 Å². The Labute approximate surface area is 99.6 Å². The molecule has 0 bridgehead atoms. The van der Waals surface area contributed by atoms with Crippen molar-refractivity contribution in [1.29, 1.82) is 5.39 Å². The maximum atomic E-state index is 9.75. The zero-order valence-electron chi connectivity index (χ0n) is 8.92. The highest BCUT2D eigenvalue weighted by Gasteiger charge is 2.20. The molecule has 0 saturated heterocycles. The molecule has 0 aliphatic carbocycles. The third kappa shape index (κ3) is 5.11. The smallest absolute Gasteiger partial charge is 0.418 e. The predicted octanol–water partition coefficient (Wildman–Crippen LogP) is 3.66. The van der Waals surface area contributed by atoms with Crippen molar-refractivity contribution in [1.82, 2.24) is 9.55 Å². The highest BCUT2D eigenvalue weighted by atomic mass is 19.5. The van der Waals surface area contributed by atoms with Crippen molar-refractivity contribution in [2.24, 2.45) is 0 Å². The number of aromatic nitrogens is 2. The first-order valence-corrected chi connectivity index (χ1v) is 4.71. The van der Waals surface area contributed by atoms with E-state index in [1.165, 1.54) is 0 Å². The van der Waals surface area contributed by atoms with Crippen LogP contribution in [0.1, 0.15) is 0 Å². The van der Waals surface area contributed by atoms with Crippen LogP contribution in [0.5, 0.6) is 0 Å². The average molecular weight is 258 g/mol. The van der Waals surface area contributed by atoms with Gasteiger partial charge in [0.15, 0.2) is 4.98 Å². The molecule has 0 spiro atoms. The lowest BCUT2D eigenvalue weighted by Gasteiger charge is -1.97. The Bertz CT molecular complexity index is 509. The Morgan fingerprint density at radius 3 is 2.06 bits per heavy atom. The molecule has 18 heavy (non-hydrogen) atoms. The van der Waals surface area contributed by atoms with Crippen molar-refractivity contribution < 1.29 is 17.3 Å². The van der Waals surface area contributed by atoms with Gasteiger partial charge < -0.3 is 21.8 Å². The van der Waals surface area contributed by atoms with E-state index < -0.39 is 7.25 Å². The summed E-state index contributed by atoms with van der Waals surface area (Å²) in [5, 5.41) is 8.46. The first-order valence-electron chi connectivity index (χ1n) is 4.71. The number of nitrogens with zero attached hydrogens (tertiary/aromatic N) is 4. The average Bonchev–Trinajstić information content (AvgIpc) is 2.80. The van der Waals surface area contributed by atoms with E-state index in [2.05, 4.69) is 9.96 Å². The third-order valence-electron chi connectivity index (χ3n) is 1.77. The van der Waals surface area contributed by atoms with Crippen molar-refractivity contribution in [2.45, 2.75) is 0 Å². The molecule has 2 rings (SSSR count). The topological polar surface area (TPSA) is 46.0 Å². The van der Waals surface area contributed by atoms with Gasteiger partial charge in [-0.2, -0.15) is 0 Å². The van der Waals surface area contributed by atoms with Gasteiger partial charge in [-0.15, -0.1) is 0 Å². The molecule has 0 radical (unpaired) electrons. The van der Waals surface area contributed by atoms with Crippen molar-refractivity contribution >= 4 is 12.9 Å². The summed E-state index contributed by atoms with van der Waals surface area (Å²) in [4.78, 5) is 7.00. The van der Waals surface area contributed by atoms with Gasteiger partial charge in [-0.1, -0.05) is 0 Å². The molecule has 9 heteroatoms. The van der Waals surface area contributed by atoms with Crippen LogP contribution in [-0.2, 0) is 0 Å². The van der Waals surface area contributed by atoms with Crippen LogP contribution >= 0.6 is 0 Å². The normalized spacial score (nSPS) is 10.2. The molecule has 0 N–H and O–H groups in total. The Hall–Kier alpha value is -2.37. The van der Waals surface area contributed by atoms with Crippen LogP contribution in [0, 0.1) is 5.39 Å². The molecule has 1 aromatic heterocycles. The molecule has 0 aliphatic heterocycles. The lowest BCUT2D eigenvalue weighted by atomic mass is 10.3. The number of diazo groups is 1. The van der Waals surface area contributed by atoms with E-state index in [9.17, 15) is 17.3 Å². The van der Waals surface area contributed by atoms with E-state index >= 15 is 0 Å². The summed E-state index contributed by atoms with van der Waals surface area (Å²) in [6.07, 6.45) is 5.28. The van der Waals surface area contributed by atoms with Gasteiger partial charge in [-0.3, -0.25) is 0 Å². The highest BCUT2D eigenvalue weighted by Crippen LogP contribution is 2.14. The van der Waals surface area contributed by atoms with Crippen LogP contribution in [0.2, 0.25) is 0 Å². The van der Waals surface area contributed by atoms with Crippen molar-refractivity contribution in [3.05, 3.63) is 48.0 Å².